The van der Waals surface area contributed by atoms with Crippen LogP contribution in [0.2, 0.25) is 0 Å². The molecule has 1 aliphatic rings. The number of ether oxygens (including phenoxy) is 1. The van der Waals surface area contributed by atoms with Crippen LogP contribution in [0.15, 0.2) is 18.2 Å². The minimum Gasteiger partial charge on any atom is -0.377 e. The molecule has 1 fully saturated rings. The molecule has 1 saturated carbocycles. The zero-order valence-corrected chi connectivity index (χ0v) is 14.6. The van der Waals surface area contributed by atoms with Crippen molar-refractivity contribution in [1.29, 1.82) is 5.26 Å². The molecule has 2 rings (SSSR count). The molecule has 0 N–H and O–H groups in total. The van der Waals surface area contributed by atoms with E-state index in [-0.39, 0.29) is 18.8 Å². The van der Waals surface area contributed by atoms with E-state index in [1.54, 1.807) is 0 Å². The van der Waals surface area contributed by atoms with Gasteiger partial charge in [0.25, 0.3) is 0 Å². The van der Waals surface area contributed by atoms with Gasteiger partial charge in [0.1, 0.15) is 0 Å². The van der Waals surface area contributed by atoms with Gasteiger partial charge in [0, 0.05) is 6.61 Å². The fourth-order valence-corrected chi connectivity index (χ4v) is 3.16. The van der Waals surface area contributed by atoms with Gasteiger partial charge in [-0.25, -0.2) is 0 Å². The molecular formula is C19H26F3NO. The summed E-state index contributed by atoms with van der Waals surface area (Å²) in [5, 5.41) is 9.42. The van der Waals surface area contributed by atoms with Gasteiger partial charge in [-0.05, 0) is 49.7 Å². The lowest BCUT2D eigenvalue weighted by atomic mass is 9.77. The molecule has 0 unspecified atom stereocenters. The Morgan fingerprint density at radius 2 is 1.79 bits per heavy atom. The van der Waals surface area contributed by atoms with Crippen molar-refractivity contribution in [3.8, 4) is 6.07 Å². The van der Waals surface area contributed by atoms with E-state index in [1.165, 1.54) is 0 Å². The number of alkyl halides is 3. The van der Waals surface area contributed by atoms with E-state index in [9.17, 15) is 18.4 Å². The van der Waals surface area contributed by atoms with Crippen LogP contribution in [0.5, 0.6) is 0 Å². The molecule has 1 aromatic carbocycles. The van der Waals surface area contributed by atoms with Crippen molar-refractivity contribution >= 4 is 0 Å². The summed E-state index contributed by atoms with van der Waals surface area (Å²) in [5.41, 5.74) is 2.27. The zero-order valence-electron chi connectivity index (χ0n) is 14.6. The van der Waals surface area contributed by atoms with Crippen LogP contribution in [-0.2, 0) is 11.3 Å². The van der Waals surface area contributed by atoms with Crippen molar-refractivity contribution in [2.45, 2.75) is 65.2 Å². The predicted octanol–water partition coefficient (Wildman–Crippen LogP) is 5.96. The van der Waals surface area contributed by atoms with Crippen molar-refractivity contribution in [3.05, 3.63) is 34.9 Å². The molecule has 0 atom stereocenters. The van der Waals surface area contributed by atoms with Crippen LogP contribution in [0.25, 0.3) is 0 Å². The highest BCUT2D eigenvalue weighted by molar-refractivity contribution is 5.46. The second-order valence-electron chi connectivity index (χ2n) is 5.72. The van der Waals surface area contributed by atoms with Gasteiger partial charge in [0.05, 0.1) is 24.2 Å². The molecule has 0 spiro atoms. The minimum atomic E-state index is -4.10. The molecule has 0 aliphatic heterocycles. The third-order valence-corrected chi connectivity index (χ3v) is 4.39. The SMILES string of the molecule is CC.CCOCc1cccc(C2CCC(C(F)(F)F)CC2)c1C#N. The average molecular weight is 341 g/mol. The first-order valence-corrected chi connectivity index (χ1v) is 8.63. The molecule has 1 aromatic rings. The van der Waals surface area contributed by atoms with Gasteiger partial charge in [0.2, 0.25) is 0 Å². The maximum Gasteiger partial charge on any atom is 0.391 e. The van der Waals surface area contributed by atoms with Crippen molar-refractivity contribution in [2.75, 3.05) is 6.61 Å². The number of halogens is 3. The van der Waals surface area contributed by atoms with E-state index < -0.39 is 12.1 Å². The highest BCUT2D eigenvalue weighted by atomic mass is 19.4. The zero-order chi connectivity index (χ0) is 18.2. The Kier molecular flexibility index (Phi) is 8.27. The molecule has 2 nitrogen and oxygen atoms in total. The van der Waals surface area contributed by atoms with E-state index in [0.717, 1.165) is 11.1 Å². The molecule has 0 saturated heterocycles. The lowest BCUT2D eigenvalue weighted by Gasteiger charge is -2.30. The summed E-state index contributed by atoms with van der Waals surface area (Å²) in [6.45, 7) is 6.81. The number of nitriles is 1. The Hall–Kier alpha value is -1.54. The monoisotopic (exact) mass is 341 g/mol. The van der Waals surface area contributed by atoms with E-state index in [0.29, 0.717) is 31.6 Å². The standard InChI is InChI=1S/C17H20F3NO.C2H6/c1-2-22-11-13-4-3-5-15(16(13)10-21)12-6-8-14(9-7-12)17(18,19)20;1-2/h3-5,12,14H,2,6-9,11H2,1H3;1-2H3. The average Bonchev–Trinajstić information content (AvgIpc) is 2.60. The summed E-state index contributed by atoms with van der Waals surface area (Å²) in [4.78, 5) is 0. The third-order valence-electron chi connectivity index (χ3n) is 4.39. The molecule has 0 amide bonds. The molecular weight excluding hydrogens is 315 g/mol. The maximum atomic E-state index is 12.8. The fourth-order valence-electron chi connectivity index (χ4n) is 3.16. The van der Waals surface area contributed by atoms with Crippen molar-refractivity contribution in [3.63, 3.8) is 0 Å². The second-order valence-corrected chi connectivity index (χ2v) is 5.72. The fraction of sp³-hybridized carbons (Fsp3) is 0.632. The van der Waals surface area contributed by atoms with Crippen LogP contribution in [0.3, 0.4) is 0 Å². The van der Waals surface area contributed by atoms with Gasteiger partial charge in [-0.2, -0.15) is 18.4 Å². The van der Waals surface area contributed by atoms with Gasteiger partial charge in [0.15, 0.2) is 0 Å². The summed E-state index contributed by atoms with van der Waals surface area (Å²) in [7, 11) is 0. The summed E-state index contributed by atoms with van der Waals surface area (Å²) < 4.78 is 43.6. The van der Waals surface area contributed by atoms with Crippen LogP contribution in [-0.4, -0.2) is 12.8 Å². The van der Waals surface area contributed by atoms with Gasteiger partial charge in [-0.1, -0.05) is 32.0 Å². The van der Waals surface area contributed by atoms with Crippen LogP contribution < -0.4 is 0 Å². The lowest BCUT2D eigenvalue weighted by molar-refractivity contribution is -0.182. The summed E-state index contributed by atoms with van der Waals surface area (Å²) in [6, 6.07) is 7.79. The van der Waals surface area contributed by atoms with Gasteiger partial charge >= 0.3 is 6.18 Å². The normalized spacial score (nSPS) is 20.7. The number of nitrogens with zero attached hydrogens (tertiary/aromatic N) is 1. The molecule has 0 heterocycles. The van der Waals surface area contributed by atoms with Crippen molar-refractivity contribution in [2.24, 2.45) is 5.92 Å². The van der Waals surface area contributed by atoms with Crippen LogP contribution >= 0.6 is 0 Å². The minimum absolute atomic E-state index is 0.0369. The first kappa shape index (κ1) is 20.5. The van der Waals surface area contributed by atoms with E-state index >= 15 is 0 Å². The van der Waals surface area contributed by atoms with E-state index in [4.69, 9.17) is 4.74 Å². The number of rotatable bonds is 4. The first-order valence-electron chi connectivity index (χ1n) is 8.63. The van der Waals surface area contributed by atoms with Crippen LogP contribution in [0, 0.1) is 17.2 Å². The molecule has 0 aromatic heterocycles. The Morgan fingerprint density at radius 1 is 1.17 bits per heavy atom. The van der Waals surface area contributed by atoms with Gasteiger partial charge < -0.3 is 4.74 Å². The van der Waals surface area contributed by atoms with Gasteiger partial charge in [-0.15, -0.1) is 0 Å². The number of hydrogen-bond donors (Lipinski definition) is 0. The van der Waals surface area contributed by atoms with E-state index in [2.05, 4.69) is 6.07 Å². The first-order chi connectivity index (χ1) is 11.5. The highest BCUT2D eigenvalue weighted by Gasteiger charge is 2.41. The van der Waals surface area contributed by atoms with Crippen molar-refractivity contribution in [1.82, 2.24) is 0 Å². The van der Waals surface area contributed by atoms with Crippen LogP contribution in [0.1, 0.15) is 69.1 Å². The topological polar surface area (TPSA) is 33.0 Å². The van der Waals surface area contributed by atoms with Crippen molar-refractivity contribution < 1.29 is 17.9 Å². The summed E-state index contributed by atoms with van der Waals surface area (Å²) >= 11 is 0. The quantitative estimate of drug-likeness (QED) is 0.677. The molecule has 5 heteroatoms. The molecule has 0 radical (unpaired) electrons. The Bertz CT molecular complexity index is 541. The predicted molar refractivity (Wildman–Crippen MR) is 88.6 cm³/mol. The highest BCUT2D eigenvalue weighted by Crippen LogP contribution is 2.43. The third kappa shape index (κ3) is 5.24. The second kappa shape index (κ2) is 9.68. The van der Waals surface area contributed by atoms with Crippen LogP contribution in [0.4, 0.5) is 13.2 Å². The smallest absolute Gasteiger partial charge is 0.377 e. The molecule has 0 bridgehead atoms. The Balaban J connectivity index is 0.00000139. The molecule has 1 aliphatic carbocycles. The largest absolute Gasteiger partial charge is 0.391 e. The van der Waals surface area contributed by atoms with Gasteiger partial charge in [-0.3, -0.25) is 0 Å². The Labute approximate surface area is 142 Å². The summed E-state index contributed by atoms with van der Waals surface area (Å²) in [6.07, 6.45) is -2.84. The Morgan fingerprint density at radius 3 is 2.29 bits per heavy atom. The lowest BCUT2D eigenvalue weighted by Crippen LogP contribution is -2.27. The molecule has 24 heavy (non-hydrogen) atoms. The van der Waals surface area contributed by atoms with E-state index in [1.807, 2.05) is 39.0 Å². The maximum absolute atomic E-state index is 12.8. The summed E-state index contributed by atoms with van der Waals surface area (Å²) in [5.74, 6) is -1.16. The number of hydrogen-bond acceptors (Lipinski definition) is 2. The number of benzene rings is 1. The molecule has 134 valence electrons.